The third kappa shape index (κ3) is 2.99. The van der Waals surface area contributed by atoms with Crippen LogP contribution >= 0.6 is 23.1 Å². The molecule has 2 heterocycles. The molecule has 3 nitrogen and oxygen atoms in total. The van der Waals surface area contributed by atoms with Crippen LogP contribution in [0.15, 0.2) is 52.9 Å². The molecule has 5 heteroatoms. The minimum absolute atomic E-state index is 0.168. The van der Waals surface area contributed by atoms with Gasteiger partial charge in [0.05, 0.1) is 16.0 Å². The highest BCUT2D eigenvalue weighted by atomic mass is 32.2. The quantitative estimate of drug-likeness (QED) is 0.664. The summed E-state index contributed by atoms with van der Waals surface area (Å²) < 4.78 is 2.13. The van der Waals surface area contributed by atoms with E-state index < -0.39 is 0 Å². The van der Waals surface area contributed by atoms with Crippen LogP contribution in [0.1, 0.15) is 12.0 Å². The zero-order valence-corrected chi connectivity index (χ0v) is 14.2. The fraction of sp³-hybridized carbons (Fsp3) is 0.222. The molecule has 4 rings (SSSR count). The standard InChI is InChI=1S/C18H16N2OS2/c21-17(20-11-5-7-13-6-1-3-9-15(13)20)12-22-18-19-14-8-2-4-10-16(14)23-18/h1-4,6,8-10H,5,7,11-12H2. The minimum atomic E-state index is 0.168. The number of aryl methyl sites for hydroxylation is 1. The second-order valence-corrected chi connectivity index (χ2v) is 7.77. The molecule has 2 aromatic carbocycles. The van der Waals surface area contributed by atoms with E-state index in [-0.39, 0.29) is 5.91 Å². The molecule has 0 saturated carbocycles. The molecule has 3 aromatic rings. The number of fused-ring (bicyclic) bond motifs is 2. The van der Waals surface area contributed by atoms with Gasteiger partial charge in [-0.25, -0.2) is 4.98 Å². The summed E-state index contributed by atoms with van der Waals surface area (Å²) >= 11 is 3.19. The summed E-state index contributed by atoms with van der Waals surface area (Å²) in [7, 11) is 0. The van der Waals surface area contributed by atoms with E-state index in [0.29, 0.717) is 5.75 Å². The number of aromatic nitrogens is 1. The summed E-state index contributed by atoms with van der Waals surface area (Å²) in [6.07, 6.45) is 2.10. The van der Waals surface area contributed by atoms with Gasteiger partial charge in [0, 0.05) is 12.2 Å². The summed E-state index contributed by atoms with van der Waals surface area (Å²) in [6.45, 7) is 0.816. The molecule has 0 aliphatic carbocycles. The number of anilines is 1. The Labute approximate surface area is 143 Å². The van der Waals surface area contributed by atoms with Gasteiger partial charge in [-0.15, -0.1) is 11.3 Å². The minimum Gasteiger partial charge on any atom is -0.311 e. The van der Waals surface area contributed by atoms with Gasteiger partial charge in [0.1, 0.15) is 0 Å². The van der Waals surface area contributed by atoms with E-state index >= 15 is 0 Å². The molecule has 1 aliphatic heterocycles. The van der Waals surface area contributed by atoms with Crippen LogP contribution in [0, 0.1) is 0 Å². The molecule has 0 spiro atoms. The number of benzene rings is 2. The zero-order chi connectivity index (χ0) is 15.6. The van der Waals surface area contributed by atoms with Gasteiger partial charge in [-0.05, 0) is 36.6 Å². The Balaban J connectivity index is 1.48. The fourth-order valence-corrected chi connectivity index (χ4v) is 4.85. The van der Waals surface area contributed by atoms with Crippen LogP contribution in [-0.4, -0.2) is 23.2 Å². The van der Waals surface area contributed by atoms with E-state index in [1.807, 2.05) is 35.2 Å². The number of carbonyl (C=O) groups is 1. The van der Waals surface area contributed by atoms with Crippen molar-refractivity contribution >= 4 is 44.9 Å². The van der Waals surface area contributed by atoms with Crippen LogP contribution in [0.5, 0.6) is 0 Å². The van der Waals surface area contributed by atoms with E-state index in [1.165, 1.54) is 22.0 Å². The van der Waals surface area contributed by atoms with E-state index in [4.69, 9.17) is 0 Å². The molecule has 1 aliphatic rings. The second-order valence-electron chi connectivity index (χ2n) is 5.51. The maximum Gasteiger partial charge on any atom is 0.237 e. The lowest BCUT2D eigenvalue weighted by atomic mass is 10.0. The Kier molecular flexibility index (Phi) is 4.06. The molecule has 1 aromatic heterocycles. The molecule has 0 unspecified atom stereocenters. The van der Waals surface area contributed by atoms with Crippen molar-refractivity contribution in [3.8, 4) is 0 Å². The van der Waals surface area contributed by atoms with Gasteiger partial charge in [0.15, 0.2) is 4.34 Å². The Morgan fingerprint density at radius 1 is 1.17 bits per heavy atom. The number of nitrogens with zero attached hydrogens (tertiary/aromatic N) is 2. The third-order valence-electron chi connectivity index (χ3n) is 4.00. The lowest BCUT2D eigenvalue weighted by molar-refractivity contribution is -0.116. The number of thiazole rings is 1. The second kappa shape index (κ2) is 6.34. The molecule has 0 N–H and O–H groups in total. The molecule has 0 bridgehead atoms. The molecule has 116 valence electrons. The van der Waals surface area contributed by atoms with Crippen LogP contribution < -0.4 is 4.90 Å². The summed E-state index contributed by atoms with van der Waals surface area (Å²) in [5, 5.41) is 0. The van der Waals surface area contributed by atoms with Crippen LogP contribution in [0.25, 0.3) is 10.2 Å². The Morgan fingerprint density at radius 3 is 2.91 bits per heavy atom. The molecular formula is C18H16N2OS2. The zero-order valence-electron chi connectivity index (χ0n) is 12.6. The normalized spacial score (nSPS) is 14.0. The highest BCUT2D eigenvalue weighted by molar-refractivity contribution is 8.01. The molecule has 0 saturated heterocycles. The number of hydrogen-bond donors (Lipinski definition) is 0. The van der Waals surface area contributed by atoms with Crippen LogP contribution in [-0.2, 0) is 11.2 Å². The lowest BCUT2D eigenvalue weighted by Crippen LogP contribution is -2.36. The Hall–Kier alpha value is -1.85. The molecule has 0 fully saturated rings. The van der Waals surface area contributed by atoms with Gasteiger partial charge >= 0.3 is 0 Å². The molecule has 0 radical (unpaired) electrons. The van der Waals surface area contributed by atoms with Crippen molar-refractivity contribution in [2.75, 3.05) is 17.2 Å². The van der Waals surface area contributed by atoms with Gasteiger partial charge < -0.3 is 4.90 Å². The maximum absolute atomic E-state index is 12.6. The van der Waals surface area contributed by atoms with E-state index in [9.17, 15) is 4.79 Å². The highest BCUT2D eigenvalue weighted by Crippen LogP contribution is 2.31. The number of carbonyl (C=O) groups excluding carboxylic acids is 1. The summed E-state index contributed by atoms with van der Waals surface area (Å²) in [4.78, 5) is 19.1. The third-order valence-corrected chi connectivity index (χ3v) is 6.17. The van der Waals surface area contributed by atoms with E-state index in [1.54, 1.807) is 11.3 Å². The van der Waals surface area contributed by atoms with Crippen molar-refractivity contribution < 1.29 is 4.79 Å². The first-order valence-electron chi connectivity index (χ1n) is 7.68. The number of rotatable bonds is 3. The monoisotopic (exact) mass is 340 g/mol. The van der Waals surface area contributed by atoms with Crippen molar-refractivity contribution in [3.05, 3.63) is 54.1 Å². The SMILES string of the molecule is O=C(CSc1nc2ccccc2s1)N1CCCc2ccccc21. The van der Waals surface area contributed by atoms with Crippen molar-refractivity contribution in [1.29, 1.82) is 0 Å². The highest BCUT2D eigenvalue weighted by Gasteiger charge is 2.22. The smallest absolute Gasteiger partial charge is 0.237 e. The number of para-hydroxylation sites is 2. The number of hydrogen-bond acceptors (Lipinski definition) is 4. The van der Waals surface area contributed by atoms with Crippen molar-refractivity contribution in [2.45, 2.75) is 17.2 Å². The average Bonchev–Trinajstić information content (AvgIpc) is 3.02. The molecule has 23 heavy (non-hydrogen) atoms. The Morgan fingerprint density at radius 2 is 2.00 bits per heavy atom. The summed E-state index contributed by atoms with van der Waals surface area (Å²) in [5.74, 6) is 0.607. The number of thioether (sulfide) groups is 1. The van der Waals surface area contributed by atoms with Crippen molar-refractivity contribution in [1.82, 2.24) is 4.98 Å². The van der Waals surface area contributed by atoms with Gasteiger partial charge in [0.25, 0.3) is 0 Å². The predicted octanol–water partition coefficient (Wildman–Crippen LogP) is 4.37. The molecule has 1 amide bonds. The average molecular weight is 340 g/mol. The fourth-order valence-electron chi connectivity index (χ4n) is 2.91. The summed E-state index contributed by atoms with van der Waals surface area (Å²) in [6, 6.07) is 16.3. The van der Waals surface area contributed by atoms with Crippen LogP contribution in [0.3, 0.4) is 0 Å². The van der Waals surface area contributed by atoms with Gasteiger partial charge in [-0.2, -0.15) is 0 Å². The first-order chi connectivity index (χ1) is 11.3. The Bertz CT molecular complexity index is 826. The van der Waals surface area contributed by atoms with Crippen LogP contribution in [0.2, 0.25) is 0 Å². The topological polar surface area (TPSA) is 33.2 Å². The van der Waals surface area contributed by atoms with Gasteiger partial charge in [-0.3, -0.25) is 4.79 Å². The largest absolute Gasteiger partial charge is 0.311 e. The maximum atomic E-state index is 12.6. The number of amides is 1. The molecular weight excluding hydrogens is 324 g/mol. The molecule has 0 atom stereocenters. The van der Waals surface area contributed by atoms with Gasteiger partial charge in [0.2, 0.25) is 5.91 Å². The van der Waals surface area contributed by atoms with E-state index in [2.05, 4.69) is 23.2 Å². The van der Waals surface area contributed by atoms with E-state index in [0.717, 1.165) is 34.9 Å². The summed E-state index contributed by atoms with van der Waals surface area (Å²) in [5.41, 5.74) is 3.36. The van der Waals surface area contributed by atoms with Gasteiger partial charge in [-0.1, -0.05) is 42.1 Å². The van der Waals surface area contributed by atoms with Crippen molar-refractivity contribution in [2.24, 2.45) is 0 Å². The lowest BCUT2D eigenvalue weighted by Gasteiger charge is -2.29. The predicted molar refractivity (Wildman–Crippen MR) is 97.5 cm³/mol. The van der Waals surface area contributed by atoms with Crippen molar-refractivity contribution in [3.63, 3.8) is 0 Å². The first-order valence-corrected chi connectivity index (χ1v) is 9.48. The first kappa shape index (κ1) is 14.7. The van der Waals surface area contributed by atoms with Crippen LogP contribution in [0.4, 0.5) is 5.69 Å².